The van der Waals surface area contributed by atoms with Crippen molar-refractivity contribution in [3.63, 3.8) is 0 Å². The Bertz CT molecular complexity index is 379. The van der Waals surface area contributed by atoms with Crippen LogP contribution >= 0.6 is 0 Å². The standard InChI is InChI=1S/C16H25FO2/c1-10-5-7-16(15(18)19-4)8-6-13(11(2)9-17)14(16)12(10)3/h10,12-14H,2,5-9H2,1,3-4H3/t10?,12?,13-,14?,16?/m0/s1. The lowest BCUT2D eigenvalue weighted by Crippen LogP contribution is -2.46. The van der Waals surface area contributed by atoms with E-state index in [0.29, 0.717) is 17.4 Å². The molecule has 0 radical (unpaired) electrons. The zero-order chi connectivity index (χ0) is 14.2. The van der Waals surface area contributed by atoms with Crippen LogP contribution in [0.15, 0.2) is 12.2 Å². The lowest BCUT2D eigenvalue weighted by atomic mass is 9.58. The largest absolute Gasteiger partial charge is 0.469 e. The molecule has 19 heavy (non-hydrogen) atoms. The van der Waals surface area contributed by atoms with Crippen molar-refractivity contribution >= 4 is 5.97 Å². The van der Waals surface area contributed by atoms with Gasteiger partial charge in [0.1, 0.15) is 6.67 Å². The molecule has 0 aromatic carbocycles. The molecule has 108 valence electrons. The summed E-state index contributed by atoms with van der Waals surface area (Å²) in [5, 5.41) is 0. The van der Waals surface area contributed by atoms with Crippen LogP contribution in [0.2, 0.25) is 0 Å². The fourth-order valence-electron chi connectivity index (χ4n) is 4.51. The highest BCUT2D eigenvalue weighted by atomic mass is 19.1. The van der Waals surface area contributed by atoms with Crippen LogP contribution < -0.4 is 0 Å². The lowest BCUT2D eigenvalue weighted by molar-refractivity contribution is -0.161. The monoisotopic (exact) mass is 268 g/mol. The minimum absolute atomic E-state index is 0.0922. The molecule has 0 spiro atoms. The molecule has 4 unspecified atom stereocenters. The van der Waals surface area contributed by atoms with Gasteiger partial charge in [-0.05, 0) is 54.9 Å². The molecule has 0 aliphatic heterocycles. The third-order valence-electron chi connectivity index (χ3n) is 5.77. The van der Waals surface area contributed by atoms with Gasteiger partial charge in [-0.2, -0.15) is 0 Å². The van der Waals surface area contributed by atoms with Gasteiger partial charge in [0, 0.05) is 0 Å². The van der Waals surface area contributed by atoms with E-state index < -0.39 is 6.67 Å². The van der Waals surface area contributed by atoms with E-state index >= 15 is 0 Å². The number of halogens is 1. The van der Waals surface area contributed by atoms with Gasteiger partial charge in [0.05, 0.1) is 12.5 Å². The van der Waals surface area contributed by atoms with Crippen molar-refractivity contribution in [1.82, 2.24) is 0 Å². The minimum atomic E-state index is -0.473. The molecule has 2 fully saturated rings. The Labute approximate surface area is 115 Å². The molecular formula is C16H25FO2. The summed E-state index contributed by atoms with van der Waals surface area (Å²) >= 11 is 0. The van der Waals surface area contributed by atoms with E-state index in [-0.39, 0.29) is 23.2 Å². The molecule has 0 bridgehead atoms. The molecule has 2 aliphatic carbocycles. The maximum atomic E-state index is 13.0. The Morgan fingerprint density at radius 3 is 2.58 bits per heavy atom. The molecule has 0 saturated heterocycles. The molecule has 0 aromatic rings. The van der Waals surface area contributed by atoms with Crippen LogP contribution in [0.1, 0.15) is 39.5 Å². The van der Waals surface area contributed by atoms with Crippen LogP contribution in [-0.2, 0) is 9.53 Å². The highest BCUT2D eigenvalue weighted by Gasteiger charge is 2.58. The average Bonchev–Trinajstić information content (AvgIpc) is 2.82. The molecule has 2 rings (SSSR count). The summed E-state index contributed by atoms with van der Waals surface area (Å²) in [6.07, 6.45) is 3.64. The molecule has 3 heteroatoms. The topological polar surface area (TPSA) is 26.3 Å². The first kappa shape index (κ1) is 14.5. The number of ether oxygens (including phenoxy) is 1. The van der Waals surface area contributed by atoms with Crippen molar-refractivity contribution in [2.24, 2.45) is 29.1 Å². The number of hydrogen-bond acceptors (Lipinski definition) is 2. The predicted molar refractivity (Wildman–Crippen MR) is 73.3 cm³/mol. The van der Waals surface area contributed by atoms with Gasteiger partial charge in [0.2, 0.25) is 0 Å². The van der Waals surface area contributed by atoms with Gasteiger partial charge < -0.3 is 4.74 Å². The number of hydrogen-bond donors (Lipinski definition) is 0. The summed E-state index contributed by atoms with van der Waals surface area (Å²) in [6.45, 7) is 7.86. The number of methoxy groups -OCH3 is 1. The molecule has 2 saturated carbocycles. The Hall–Kier alpha value is -0.860. The van der Waals surface area contributed by atoms with Crippen molar-refractivity contribution in [1.29, 1.82) is 0 Å². The molecule has 2 nitrogen and oxygen atoms in total. The van der Waals surface area contributed by atoms with E-state index in [0.717, 1.165) is 25.7 Å². The number of fused-ring (bicyclic) bond motifs is 1. The lowest BCUT2D eigenvalue weighted by Gasteiger charge is -2.46. The average molecular weight is 268 g/mol. The van der Waals surface area contributed by atoms with Crippen LogP contribution in [0, 0.1) is 29.1 Å². The van der Waals surface area contributed by atoms with Gasteiger partial charge in [-0.25, -0.2) is 4.39 Å². The van der Waals surface area contributed by atoms with Crippen LogP contribution in [-0.4, -0.2) is 19.8 Å². The second-order valence-electron chi connectivity index (χ2n) is 6.49. The van der Waals surface area contributed by atoms with E-state index in [4.69, 9.17) is 4.74 Å². The van der Waals surface area contributed by atoms with Crippen LogP contribution in [0.25, 0.3) is 0 Å². The van der Waals surface area contributed by atoms with Crippen LogP contribution in [0.5, 0.6) is 0 Å². The second-order valence-corrected chi connectivity index (χ2v) is 6.49. The van der Waals surface area contributed by atoms with E-state index in [2.05, 4.69) is 20.4 Å². The number of alkyl halides is 1. The molecule has 0 amide bonds. The molecular weight excluding hydrogens is 243 g/mol. The summed E-state index contributed by atoms with van der Waals surface area (Å²) < 4.78 is 18.1. The highest BCUT2D eigenvalue weighted by molar-refractivity contribution is 5.78. The summed E-state index contributed by atoms with van der Waals surface area (Å²) in [6, 6.07) is 0. The summed E-state index contributed by atoms with van der Waals surface area (Å²) in [5.74, 6) is 1.25. The van der Waals surface area contributed by atoms with Gasteiger partial charge >= 0.3 is 5.97 Å². The first-order valence-electron chi connectivity index (χ1n) is 7.30. The van der Waals surface area contributed by atoms with Gasteiger partial charge in [-0.3, -0.25) is 4.79 Å². The fourth-order valence-corrected chi connectivity index (χ4v) is 4.51. The number of allylic oxidation sites excluding steroid dienone is 1. The Morgan fingerprint density at radius 1 is 1.37 bits per heavy atom. The molecule has 0 heterocycles. The number of carbonyl (C=O) groups is 1. The van der Waals surface area contributed by atoms with Gasteiger partial charge in [0.15, 0.2) is 0 Å². The van der Waals surface area contributed by atoms with Gasteiger partial charge in [-0.1, -0.05) is 20.4 Å². The minimum Gasteiger partial charge on any atom is -0.469 e. The number of rotatable bonds is 3. The Morgan fingerprint density at radius 2 is 2.00 bits per heavy atom. The fraction of sp³-hybridized carbons (Fsp3) is 0.812. The van der Waals surface area contributed by atoms with Crippen molar-refractivity contribution in [3.05, 3.63) is 12.2 Å². The highest BCUT2D eigenvalue weighted by Crippen LogP contribution is 2.60. The van der Waals surface area contributed by atoms with E-state index in [9.17, 15) is 9.18 Å². The Balaban J connectivity index is 2.37. The first-order chi connectivity index (χ1) is 8.97. The molecule has 0 aromatic heterocycles. The van der Waals surface area contributed by atoms with Crippen molar-refractivity contribution in [2.45, 2.75) is 39.5 Å². The maximum absolute atomic E-state index is 13.0. The van der Waals surface area contributed by atoms with Crippen LogP contribution in [0.3, 0.4) is 0 Å². The van der Waals surface area contributed by atoms with E-state index in [1.807, 2.05) is 0 Å². The SMILES string of the molecule is C=C(CF)[C@@H]1CCC2(C(=O)OC)CCC(C)C(C)C12. The molecule has 2 aliphatic rings. The van der Waals surface area contributed by atoms with Crippen molar-refractivity contribution < 1.29 is 13.9 Å². The van der Waals surface area contributed by atoms with Crippen LogP contribution in [0.4, 0.5) is 4.39 Å². The zero-order valence-electron chi connectivity index (χ0n) is 12.2. The zero-order valence-corrected chi connectivity index (χ0v) is 12.2. The maximum Gasteiger partial charge on any atom is 0.312 e. The summed E-state index contributed by atoms with van der Waals surface area (Å²) in [7, 11) is 1.47. The molecule has 5 atom stereocenters. The quantitative estimate of drug-likeness (QED) is 0.575. The van der Waals surface area contributed by atoms with E-state index in [1.165, 1.54) is 7.11 Å². The third kappa shape index (κ3) is 2.11. The molecule has 0 N–H and O–H groups in total. The van der Waals surface area contributed by atoms with E-state index in [1.54, 1.807) is 0 Å². The summed E-state index contributed by atoms with van der Waals surface area (Å²) in [4.78, 5) is 12.3. The number of esters is 1. The van der Waals surface area contributed by atoms with Gasteiger partial charge in [0.25, 0.3) is 0 Å². The van der Waals surface area contributed by atoms with Crippen molar-refractivity contribution in [2.75, 3.05) is 13.8 Å². The predicted octanol–water partition coefficient (Wildman–Crippen LogP) is 3.76. The Kier molecular flexibility index (Phi) is 4.03. The normalized spacial score (nSPS) is 41.7. The van der Waals surface area contributed by atoms with Gasteiger partial charge in [-0.15, -0.1) is 0 Å². The number of carbonyl (C=O) groups excluding carboxylic acids is 1. The second kappa shape index (κ2) is 5.26. The third-order valence-corrected chi connectivity index (χ3v) is 5.77. The first-order valence-corrected chi connectivity index (χ1v) is 7.30. The van der Waals surface area contributed by atoms with Crippen molar-refractivity contribution in [3.8, 4) is 0 Å². The summed E-state index contributed by atoms with van der Waals surface area (Å²) in [5.41, 5.74) is 0.278. The smallest absolute Gasteiger partial charge is 0.312 e.